The molecule has 0 aliphatic heterocycles. The van der Waals surface area contributed by atoms with Gasteiger partial charge in [0, 0.05) is 13.2 Å². The van der Waals surface area contributed by atoms with Crippen molar-refractivity contribution in [1.82, 2.24) is 0 Å². The molecular weight excluding hydrogens is 220 g/mol. The van der Waals surface area contributed by atoms with E-state index in [1.165, 1.54) is 70.6 Å². The van der Waals surface area contributed by atoms with Gasteiger partial charge in [-0.15, -0.1) is 0 Å². The maximum Gasteiger partial charge on any atom is 0.0468 e. The topological polar surface area (TPSA) is 9.23 Å². The van der Waals surface area contributed by atoms with Gasteiger partial charge < -0.3 is 4.74 Å². The third kappa shape index (κ3) is 12.4. The first-order valence-electron chi connectivity index (χ1n) is 8.42. The Morgan fingerprint density at radius 3 is 1.67 bits per heavy atom. The molecule has 0 heterocycles. The molecule has 0 amide bonds. The highest BCUT2D eigenvalue weighted by molar-refractivity contribution is 4.60. The van der Waals surface area contributed by atoms with Crippen molar-refractivity contribution in [3.63, 3.8) is 0 Å². The summed E-state index contributed by atoms with van der Waals surface area (Å²) in [6.45, 7) is 8.52. The molecule has 0 aliphatic carbocycles. The van der Waals surface area contributed by atoms with Gasteiger partial charge in [0.25, 0.3) is 0 Å². The molecule has 18 heavy (non-hydrogen) atoms. The maximum absolute atomic E-state index is 5.52. The van der Waals surface area contributed by atoms with Crippen molar-refractivity contribution in [3.8, 4) is 0 Å². The van der Waals surface area contributed by atoms with Gasteiger partial charge in [-0.1, -0.05) is 78.1 Å². The Bertz CT molecular complexity index is 133. The fourth-order valence-corrected chi connectivity index (χ4v) is 2.55. The lowest BCUT2D eigenvalue weighted by atomic mass is 9.92. The normalized spacial score (nSPS) is 11.3. The van der Waals surface area contributed by atoms with E-state index < -0.39 is 0 Å². The Morgan fingerprint density at radius 2 is 1.22 bits per heavy atom. The van der Waals surface area contributed by atoms with Crippen LogP contribution in [-0.2, 0) is 4.74 Å². The molecule has 0 N–H and O–H groups in total. The number of ether oxygens (including phenoxy) is 1. The van der Waals surface area contributed by atoms with Crippen LogP contribution in [0.5, 0.6) is 0 Å². The molecular formula is C17H36O. The van der Waals surface area contributed by atoms with Crippen LogP contribution in [0.2, 0.25) is 0 Å². The summed E-state index contributed by atoms with van der Waals surface area (Å²) < 4.78 is 5.52. The van der Waals surface area contributed by atoms with Crippen LogP contribution in [0.4, 0.5) is 0 Å². The monoisotopic (exact) mass is 256 g/mol. The van der Waals surface area contributed by atoms with Crippen molar-refractivity contribution in [2.75, 3.05) is 13.2 Å². The van der Waals surface area contributed by atoms with E-state index in [-0.39, 0.29) is 0 Å². The molecule has 0 bridgehead atoms. The quantitative estimate of drug-likeness (QED) is 0.348. The second kappa shape index (κ2) is 15.0. The average molecular weight is 256 g/mol. The van der Waals surface area contributed by atoms with E-state index in [0.717, 1.165) is 19.1 Å². The van der Waals surface area contributed by atoms with Crippen LogP contribution in [0.3, 0.4) is 0 Å². The van der Waals surface area contributed by atoms with Crippen molar-refractivity contribution in [2.45, 2.75) is 91.4 Å². The molecule has 0 aromatic heterocycles. The third-order valence-corrected chi connectivity index (χ3v) is 3.81. The number of unbranched alkanes of at least 4 members (excludes halogenated alkanes) is 6. The Labute approximate surface area is 116 Å². The molecule has 0 saturated heterocycles. The molecule has 0 aliphatic rings. The predicted molar refractivity (Wildman–Crippen MR) is 82.1 cm³/mol. The van der Waals surface area contributed by atoms with Crippen molar-refractivity contribution in [3.05, 3.63) is 0 Å². The minimum absolute atomic E-state index is 0.873. The molecule has 0 spiro atoms. The van der Waals surface area contributed by atoms with Gasteiger partial charge in [0.15, 0.2) is 0 Å². The highest BCUT2D eigenvalue weighted by atomic mass is 16.5. The first-order valence-corrected chi connectivity index (χ1v) is 8.42. The predicted octanol–water partition coefficient (Wildman–Crippen LogP) is 5.97. The molecule has 0 rings (SSSR count). The van der Waals surface area contributed by atoms with Gasteiger partial charge in [0.1, 0.15) is 0 Å². The van der Waals surface area contributed by atoms with Crippen molar-refractivity contribution < 1.29 is 4.74 Å². The molecule has 1 heteroatoms. The van der Waals surface area contributed by atoms with Crippen molar-refractivity contribution in [2.24, 2.45) is 5.92 Å². The highest BCUT2D eigenvalue weighted by Gasteiger charge is 2.08. The van der Waals surface area contributed by atoms with Crippen molar-refractivity contribution >= 4 is 0 Å². The summed E-state index contributed by atoms with van der Waals surface area (Å²) in [6.07, 6.45) is 15.4. The summed E-state index contributed by atoms with van der Waals surface area (Å²) in [4.78, 5) is 0. The molecule has 0 unspecified atom stereocenters. The molecule has 0 aromatic carbocycles. The molecule has 0 aromatic rings. The molecule has 1 nitrogen and oxygen atoms in total. The molecule has 0 fully saturated rings. The average Bonchev–Trinajstić information content (AvgIpc) is 2.39. The standard InChI is InChI=1S/C17H36O/c1-4-7-9-11-13-17(15-16-18-6-3)14-12-10-8-5-2/h17H,4-16H2,1-3H3. The smallest absolute Gasteiger partial charge is 0.0468 e. The summed E-state index contributed by atoms with van der Waals surface area (Å²) in [6, 6.07) is 0. The number of rotatable bonds is 14. The van der Waals surface area contributed by atoms with Gasteiger partial charge in [0.05, 0.1) is 0 Å². The van der Waals surface area contributed by atoms with E-state index in [0.29, 0.717) is 0 Å². The van der Waals surface area contributed by atoms with Gasteiger partial charge in [-0.25, -0.2) is 0 Å². The number of hydrogen-bond acceptors (Lipinski definition) is 1. The minimum Gasteiger partial charge on any atom is -0.382 e. The van der Waals surface area contributed by atoms with Crippen LogP contribution >= 0.6 is 0 Å². The molecule has 0 atom stereocenters. The zero-order chi connectivity index (χ0) is 13.5. The first-order chi connectivity index (χ1) is 8.85. The fourth-order valence-electron chi connectivity index (χ4n) is 2.55. The van der Waals surface area contributed by atoms with E-state index in [4.69, 9.17) is 4.74 Å². The van der Waals surface area contributed by atoms with Gasteiger partial charge in [-0.05, 0) is 19.3 Å². The second-order valence-electron chi connectivity index (χ2n) is 5.55. The Hall–Kier alpha value is -0.0400. The SMILES string of the molecule is CCCCCCC(CCCCCC)CCOCC. The van der Waals surface area contributed by atoms with E-state index in [9.17, 15) is 0 Å². The third-order valence-electron chi connectivity index (χ3n) is 3.81. The lowest BCUT2D eigenvalue weighted by Gasteiger charge is -2.16. The highest BCUT2D eigenvalue weighted by Crippen LogP contribution is 2.21. The maximum atomic E-state index is 5.52. The van der Waals surface area contributed by atoms with Gasteiger partial charge in [-0.2, -0.15) is 0 Å². The molecule has 0 saturated carbocycles. The summed E-state index contributed by atoms with van der Waals surface area (Å²) in [5.41, 5.74) is 0. The van der Waals surface area contributed by atoms with E-state index in [1.54, 1.807) is 0 Å². The fraction of sp³-hybridized carbons (Fsp3) is 1.00. The van der Waals surface area contributed by atoms with Gasteiger partial charge >= 0.3 is 0 Å². The van der Waals surface area contributed by atoms with E-state index in [2.05, 4.69) is 20.8 Å². The Morgan fingerprint density at radius 1 is 0.667 bits per heavy atom. The van der Waals surface area contributed by atoms with Crippen LogP contribution in [0.15, 0.2) is 0 Å². The molecule has 0 radical (unpaired) electrons. The summed E-state index contributed by atoms with van der Waals surface area (Å²) in [5, 5.41) is 0. The molecule has 110 valence electrons. The second-order valence-corrected chi connectivity index (χ2v) is 5.55. The number of hydrogen-bond donors (Lipinski definition) is 0. The lowest BCUT2D eigenvalue weighted by Crippen LogP contribution is -2.06. The summed E-state index contributed by atoms with van der Waals surface area (Å²) in [5.74, 6) is 0.922. The zero-order valence-electron chi connectivity index (χ0n) is 13.2. The minimum atomic E-state index is 0.873. The summed E-state index contributed by atoms with van der Waals surface area (Å²) >= 11 is 0. The Kier molecular flexibility index (Phi) is 15.0. The van der Waals surface area contributed by atoms with Crippen LogP contribution in [0.25, 0.3) is 0 Å². The summed E-state index contributed by atoms with van der Waals surface area (Å²) in [7, 11) is 0. The van der Waals surface area contributed by atoms with Crippen LogP contribution < -0.4 is 0 Å². The van der Waals surface area contributed by atoms with E-state index in [1.807, 2.05) is 0 Å². The van der Waals surface area contributed by atoms with Crippen molar-refractivity contribution in [1.29, 1.82) is 0 Å². The van der Waals surface area contributed by atoms with Gasteiger partial charge in [-0.3, -0.25) is 0 Å². The van der Waals surface area contributed by atoms with Crippen LogP contribution in [-0.4, -0.2) is 13.2 Å². The Balaban J connectivity index is 3.62. The van der Waals surface area contributed by atoms with Crippen LogP contribution in [0.1, 0.15) is 91.4 Å². The first kappa shape index (κ1) is 18.0. The lowest BCUT2D eigenvalue weighted by molar-refractivity contribution is 0.128. The van der Waals surface area contributed by atoms with Gasteiger partial charge in [0.2, 0.25) is 0 Å². The largest absolute Gasteiger partial charge is 0.382 e. The zero-order valence-corrected chi connectivity index (χ0v) is 13.2. The van der Waals surface area contributed by atoms with Crippen LogP contribution in [0, 0.1) is 5.92 Å². The van der Waals surface area contributed by atoms with E-state index >= 15 is 0 Å².